The fourth-order valence-electron chi connectivity index (χ4n) is 2.85. The van der Waals surface area contributed by atoms with Crippen molar-refractivity contribution in [1.29, 1.82) is 0 Å². The summed E-state index contributed by atoms with van der Waals surface area (Å²) in [6.45, 7) is 5.52. The summed E-state index contributed by atoms with van der Waals surface area (Å²) >= 11 is 0. The molecule has 27 heavy (non-hydrogen) atoms. The number of hydrogen-bond acceptors (Lipinski definition) is 4. The van der Waals surface area contributed by atoms with Gasteiger partial charge in [0.15, 0.2) is 6.10 Å². The number of aliphatic hydroxyl groups excluding tert-OH is 1. The molecule has 5 N–H and O–H groups in total. The number of carbonyl (C=O) groups is 2. The SMILES string of the molecule is CC(C)(C)NC(=O)C(O)C(Cc1ccccc1)NC(=O)C(N)CC1CC1.Cl. The van der Waals surface area contributed by atoms with E-state index in [1.54, 1.807) is 0 Å². The first-order chi connectivity index (χ1) is 12.2. The van der Waals surface area contributed by atoms with Crippen molar-refractivity contribution < 1.29 is 14.7 Å². The van der Waals surface area contributed by atoms with E-state index in [0.29, 0.717) is 18.8 Å². The van der Waals surface area contributed by atoms with Crippen LogP contribution in [-0.4, -0.2) is 40.6 Å². The van der Waals surface area contributed by atoms with Gasteiger partial charge in [0, 0.05) is 5.54 Å². The summed E-state index contributed by atoms with van der Waals surface area (Å²) in [6.07, 6.45) is 1.87. The minimum absolute atomic E-state index is 0. The van der Waals surface area contributed by atoms with Crippen LogP contribution in [0.2, 0.25) is 0 Å². The zero-order valence-corrected chi connectivity index (χ0v) is 17.1. The molecule has 2 amide bonds. The molecule has 3 atom stereocenters. The van der Waals surface area contributed by atoms with Gasteiger partial charge in [-0.3, -0.25) is 9.59 Å². The van der Waals surface area contributed by atoms with Gasteiger partial charge in [0.1, 0.15) is 0 Å². The van der Waals surface area contributed by atoms with Crippen LogP contribution in [0.4, 0.5) is 0 Å². The van der Waals surface area contributed by atoms with Gasteiger partial charge in [-0.1, -0.05) is 43.2 Å². The predicted octanol–water partition coefficient (Wildman–Crippen LogP) is 1.54. The summed E-state index contributed by atoms with van der Waals surface area (Å²) in [5.74, 6) is -0.299. The molecule has 1 saturated carbocycles. The number of aliphatic hydroxyl groups is 1. The van der Waals surface area contributed by atoms with Crippen LogP contribution in [0.1, 0.15) is 45.6 Å². The molecule has 6 nitrogen and oxygen atoms in total. The normalized spacial score (nSPS) is 17.2. The average molecular weight is 398 g/mol. The minimum atomic E-state index is -1.36. The summed E-state index contributed by atoms with van der Waals surface area (Å²) in [6, 6.07) is 8.11. The molecule has 1 fully saturated rings. The molecule has 1 aliphatic carbocycles. The Kier molecular flexibility index (Phi) is 8.72. The third-order valence-electron chi connectivity index (χ3n) is 4.40. The van der Waals surface area contributed by atoms with E-state index in [4.69, 9.17) is 5.73 Å². The Hall–Kier alpha value is -1.63. The average Bonchev–Trinajstić information content (AvgIpc) is 3.36. The van der Waals surface area contributed by atoms with E-state index in [9.17, 15) is 14.7 Å². The summed E-state index contributed by atoms with van der Waals surface area (Å²) in [5, 5.41) is 16.1. The van der Waals surface area contributed by atoms with Crippen molar-refractivity contribution in [1.82, 2.24) is 10.6 Å². The molecule has 0 aromatic heterocycles. The van der Waals surface area contributed by atoms with Crippen LogP contribution in [0.15, 0.2) is 30.3 Å². The molecule has 1 aromatic carbocycles. The Morgan fingerprint density at radius 1 is 1.19 bits per heavy atom. The number of amides is 2. The van der Waals surface area contributed by atoms with E-state index in [1.165, 1.54) is 0 Å². The fourth-order valence-corrected chi connectivity index (χ4v) is 2.85. The number of benzene rings is 1. The van der Waals surface area contributed by atoms with Crippen molar-refractivity contribution in [2.75, 3.05) is 0 Å². The quantitative estimate of drug-likeness (QED) is 0.534. The Morgan fingerprint density at radius 3 is 2.30 bits per heavy atom. The summed E-state index contributed by atoms with van der Waals surface area (Å²) < 4.78 is 0. The lowest BCUT2D eigenvalue weighted by Gasteiger charge is -2.28. The van der Waals surface area contributed by atoms with Crippen LogP contribution in [0.3, 0.4) is 0 Å². The number of carbonyl (C=O) groups excluding carboxylic acids is 2. The maximum atomic E-state index is 12.4. The number of nitrogens with one attached hydrogen (secondary N) is 2. The van der Waals surface area contributed by atoms with E-state index >= 15 is 0 Å². The van der Waals surface area contributed by atoms with Crippen molar-refractivity contribution >= 4 is 24.2 Å². The van der Waals surface area contributed by atoms with Crippen LogP contribution < -0.4 is 16.4 Å². The Labute approximate surface area is 167 Å². The molecule has 0 spiro atoms. The number of halogens is 1. The molecule has 2 rings (SSSR count). The van der Waals surface area contributed by atoms with E-state index < -0.39 is 29.6 Å². The molecule has 3 unspecified atom stereocenters. The van der Waals surface area contributed by atoms with Gasteiger partial charge in [-0.15, -0.1) is 12.4 Å². The summed E-state index contributed by atoms with van der Waals surface area (Å²) in [5.41, 5.74) is 6.44. The smallest absolute Gasteiger partial charge is 0.251 e. The first kappa shape index (κ1) is 23.4. The molecule has 0 aliphatic heterocycles. The molecule has 152 valence electrons. The topological polar surface area (TPSA) is 104 Å². The summed E-state index contributed by atoms with van der Waals surface area (Å²) in [7, 11) is 0. The monoisotopic (exact) mass is 397 g/mol. The fraction of sp³-hybridized carbons (Fsp3) is 0.600. The van der Waals surface area contributed by atoms with Crippen molar-refractivity contribution in [3.8, 4) is 0 Å². The van der Waals surface area contributed by atoms with Crippen molar-refractivity contribution in [2.45, 2.75) is 70.2 Å². The van der Waals surface area contributed by atoms with Crippen molar-refractivity contribution in [3.63, 3.8) is 0 Å². The van der Waals surface area contributed by atoms with Crippen molar-refractivity contribution in [2.24, 2.45) is 11.7 Å². The Morgan fingerprint density at radius 2 is 1.78 bits per heavy atom. The van der Waals surface area contributed by atoms with Gasteiger partial charge in [0.2, 0.25) is 5.91 Å². The van der Waals surface area contributed by atoms with Gasteiger partial charge in [0.05, 0.1) is 12.1 Å². The highest BCUT2D eigenvalue weighted by molar-refractivity contribution is 5.86. The minimum Gasteiger partial charge on any atom is -0.381 e. The third kappa shape index (κ3) is 8.28. The van der Waals surface area contributed by atoms with E-state index in [-0.39, 0.29) is 18.3 Å². The predicted molar refractivity (Wildman–Crippen MR) is 109 cm³/mol. The molecule has 1 aromatic rings. The molecular formula is C20H32ClN3O3. The van der Waals surface area contributed by atoms with Gasteiger partial charge in [-0.05, 0) is 45.1 Å². The van der Waals surface area contributed by atoms with Gasteiger partial charge in [-0.2, -0.15) is 0 Å². The maximum Gasteiger partial charge on any atom is 0.251 e. The largest absolute Gasteiger partial charge is 0.381 e. The van der Waals surface area contributed by atoms with Crippen LogP contribution in [0.5, 0.6) is 0 Å². The Balaban J connectivity index is 0.00000364. The van der Waals surface area contributed by atoms with E-state index in [0.717, 1.165) is 18.4 Å². The van der Waals surface area contributed by atoms with Gasteiger partial charge >= 0.3 is 0 Å². The standard InChI is InChI=1S/C20H31N3O3.ClH/c1-20(2,3)23-19(26)17(24)16(12-13-7-5-4-6-8-13)22-18(25)15(21)11-14-9-10-14;/h4-8,14-17,24H,9-12,21H2,1-3H3,(H,22,25)(H,23,26);1H. The lowest BCUT2D eigenvalue weighted by molar-refractivity contribution is -0.133. The first-order valence-electron chi connectivity index (χ1n) is 9.25. The van der Waals surface area contributed by atoms with Crippen LogP contribution in [-0.2, 0) is 16.0 Å². The molecule has 7 heteroatoms. The second kappa shape index (κ2) is 10.1. The molecule has 0 bridgehead atoms. The molecule has 0 heterocycles. The lowest BCUT2D eigenvalue weighted by Crippen LogP contribution is -2.57. The molecule has 1 aliphatic rings. The third-order valence-corrected chi connectivity index (χ3v) is 4.40. The molecule has 0 radical (unpaired) electrons. The van der Waals surface area contributed by atoms with E-state index in [1.807, 2.05) is 51.1 Å². The lowest BCUT2D eigenvalue weighted by atomic mass is 9.98. The highest BCUT2D eigenvalue weighted by Gasteiger charge is 2.32. The number of hydrogen-bond donors (Lipinski definition) is 4. The first-order valence-corrected chi connectivity index (χ1v) is 9.25. The van der Waals surface area contributed by atoms with E-state index in [2.05, 4.69) is 10.6 Å². The van der Waals surface area contributed by atoms with Gasteiger partial charge < -0.3 is 21.5 Å². The second-order valence-electron chi connectivity index (χ2n) is 8.27. The van der Waals surface area contributed by atoms with Crippen LogP contribution in [0.25, 0.3) is 0 Å². The van der Waals surface area contributed by atoms with Gasteiger partial charge in [0.25, 0.3) is 5.91 Å². The number of rotatable bonds is 8. The van der Waals surface area contributed by atoms with Crippen molar-refractivity contribution in [3.05, 3.63) is 35.9 Å². The Bertz CT molecular complexity index is 615. The highest BCUT2D eigenvalue weighted by atomic mass is 35.5. The molecule has 0 saturated heterocycles. The molecular weight excluding hydrogens is 366 g/mol. The number of nitrogens with two attached hydrogens (primary N) is 1. The van der Waals surface area contributed by atoms with Gasteiger partial charge in [-0.25, -0.2) is 0 Å². The zero-order valence-electron chi connectivity index (χ0n) is 16.3. The highest BCUT2D eigenvalue weighted by Crippen LogP contribution is 2.33. The zero-order chi connectivity index (χ0) is 19.3. The van der Waals surface area contributed by atoms with Crippen LogP contribution in [0, 0.1) is 5.92 Å². The summed E-state index contributed by atoms with van der Waals surface area (Å²) in [4.78, 5) is 24.8. The maximum absolute atomic E-state index is 12.4. The second-order valence-corrected chi connectivity index (χ2v) is 8.27. The van der Waals surface area contributed by atoms with Crippen LogP contribution >= 0.6 is 12.4 Å².